The number of carbonyl (C=O) groups excluding carboxylic acids is 1. The van der Waals surface area contributed by atoms with E-state index in [0.717, 1.165) is 45.4 Å². The number of hydrogen-bond donors (Lipinski definition) is 0. The van der Waals surface area contributed by atoms with Crippen LogP contribution in [0.5, 0.6) is 0 Å². The van der Waals surface area contributed by atoms with Gasteiger partial charge in [-0.15, -0.1) is 0 Å². The molecule has 0 amide bonds. The van der Waals surface area contributed by atoms with Gasteiger partial charge in [-0.25, -0.2) is 0 Å². The highest BCUT2D eigenvalue weighted by Crippen LogP contribution is 2.39. The first-order chi connectivity index (χ1) is 10.8. The summed E-state index contributed by atoms with van der Waals surface area (Å²) in [6.07, 6.45) is 5.94. The molecule has 0 spiro atoms. The molecule has 2 saturated carbocycles. The lowest BCUT2D eigenvalue weighted by Crippen LogP contribution is -2.56. The van der Waals surface area contributed by atoms with E-state index in [1.165, 1.54) is 18.5 Å². The standard InChI is InChI=1S/C19H26N2O/c22-19-15-5-4-8-17(19)18(10-9-15)21-13-11-20(12-14-21)16-6-2-1-3-7-16/h1-3,6-7,15,17-18H,4-5,8-14H2. The fraction of sp³-hybridized carbons (Fsp3) is 0.632. The SMILES string of the molecule is O=C1C2CCCC1C(N1CCN(c3ccccc3)CC1)CC2. The van der Waals surface area contributed by atoms with Crippen LogP contribution in [0.2, 0.25) is 0 Å². The van der Waals surface area contributed by atoms with E-state index in [4.69, 9.17) is 0 Å². The number of benzene rings is 1. The molecule has 1 saturated heterocycles. The van der Waals surface area contributed by atoms with Crippen LogP contribution in [-0.2, 0) is 4.79 Å². The van der Waals surface area contributed by atoms with E-state index in [9.17, 15) is 4.79 Å². The van der Waals surface area contributed by atoms with Crippen LogP contribution in [-0.4, -0.2) is 42.9 Å². The Morgan fingerprint density at radius 1 is 0.864 bits per heavy atom. The van der Waals surface area contributed by atoms with Gasteiger partial charge >= 0.3 is 0 Å². The molecule has 3 nitrogen and oxygen atoms in total. The smallest absolute Gasteiger partial charge is 0.140 e. The van der Waals surface area contributed by atoms with Gasteiger partial charge < -0.3 is 4.90 Å². The number of rotatable bonds is 2. The molecule has 2 aliphatic carbocycles. The van der Waals surface area contributed by atoms with Crippen LogP contribution < -0.4 is 4.90 Å². The molecule has 0 aromatic heterocycles. The van der Waals surface area contributed by atoms with Crippen molar-refractivity contribution >= 4 is 11.5 Å². The van der Waals surface area contributed by atoms with E-state index in [1.54, 1.807) is 0 Å². The zero-order valence-corrected chi connectivity index (χ0v) is 13.3. The molecule has 1 aromatic carbocycles. The van der Waals surface area contributed by atoms with Crippen molar-refractivity contribution in [2.45, 2.75) is 38.1 Å². The Morgan fingerprint density at radius 2 is 1.64 bits per heavy atom. The lowest BCUT2D eigenvalue weighted by atomic mass is 9.68. The molecule has 1 aliphatic heterocycles. The minimum Gasteiger partial charge on any atom is -0.369 e. The third-order valence-corrected chi connectivity index (χ3v) is 6.02. The summed E-state index contributed by atoms with van der Waals surface area (Å²) in [7, 11) is 0. The topological polar surface area (TPSA) is 23.6 Å². The van der Waals surface area contributed by atoms with Crippen LogP contribution >= 0.6 is 0 Å². The fourth-order valence-electron chi connectivity index (χ4n) is 4.80. The molecular weight excluding hydrogens is 272 g/mol. The van der Waals surface area contributed by atoms with Gasteiger partial charge in [-0.05, 0) is 37.8 Å². The highest BCUT2D eigenvalue weighted by atomic mass is 16.1. The van der Waals surface area contributed by atoms with Crippen molar-refractivity contribution in [3.63, 3.8) is 0 Å². The van der Waals surface area contributed by atoms with Crippen molar-refractivity contribution in [2.75, 3.05) is 31.1 Å². The molecule has 4 rings (SSSR count). The van der Waals surface area contributed by atoms with Crippen molar-refractivity contribution in [2.24, 2.45) is 11.8 Å². The lowest BCUT2D eigenvalue weighted by molar-refractivity contribution is -0.135. The molecule has 118 valence electrons. The second-order valence-corrected chi connectivity index (χ2v) is 7.14. The minimum atomic E-state index is 0.343. The predicted molar refractivity (Wildman–Crippen MR) is 89.1 cm³/mol. The molecule has 3 aliphatic rings. The normalized spacial score (nSPS) is 33.0. The number of piperazine rings is 1. The van der Waals surface area contributed by atoms with E-state index in [2.05, 4.69) is 40.1 Å². The van der Waals surface area contributed by atoms with Crippen molar-refractivity contribution in [3.05, 3.63) is 30.3 Å². The van der Waals surface area contributed by atoms with E-state index in [0.29, 0.717) is 23.7 Å². The number of fused-ring (bicyclic) bond motifs is 2. The number of anilines is 1. The summed E-state index contributed by atoms with van der Waals surface area (Å²) in [6.45, 7) is 4.39. The molecule has 3 unspecified atom stereocenters. The van der Waals surface area contributed by atoms with Crippen LogP contribution in [0.15, 0.2) is 30.3 Å². The summed E-state index contributed by atoms with van der Waals surface area (Å²) in [6, 6.07) is 11.2. The quantitative estimate of drug-likeness (QED) is 0.838. The monoisotopic (exact) mass is 298 g/mol. The Labute approximate surface area is 133 Å². The average molecular weight is 298 g/mol. The highest BCUT2D eigenvalue weighted by Gasteiger charge is 2.43. The zero-order chi connectivity index (χ0) is 14.9. The summed E-state index contributed by atoms with van der Waals surface area (Å²) >= 11 is 0. The zero-order valence-electron chi connectivity index (χ0n) is 13.3. The van der Waals surface area contributed by atoms with Crippen LogP contribution in [0.25, 0.3) is 0 Å². The largest absolute Gasteiger partial charge is 0.369 e. The summed E-state index contributed by atoms with van der Waals surface area (Å²) in [5, 5.41) is 0. The molecule has 0 radical (unpaired) electrons. The Balaban J connectivity index is 1.40. The molecule has 3 atom stereocenters. The fourth-order valence-corrected chi connectivity index (χ4v) is 4.80. The van der Waals surface area contributed by atoms with Crippen molar-refractivity contribution in [3.8, 4) is 0 Å². The molecule has 1 heterocycles. The summed E-state index contributed by atoms with van der Waals surface area (Å²) in [4.78, 5) is 17.6. The molecule has 2 bridgehead atoms. The Kier molecular flexibility index (Phi) is 3.91. The van der Waals surface area contributed by atoms with Gasteiger partial charge in [0, 0.05) is 49.7 Å². The molecule has 3 heteroatoms. The first-order valence-corrected chi connectivity index (χ1v) is 8.91. The Hall–Kier alpha value is -1.35. The van der Waals surface area contributed by atoms with E-state index < -0.39 is 0 Å². The van der Waals surface area contributed by atoms with Crippen molar-refractivity contribution in [1.29, 1.82) is 0 Å². The summed E-state index contributed by atoms with van der Waals surface area (Å²) in [5.41, 5.74) is 1.33. The molecule has 3 fully saturated rings. The van der Waals surface area contributed by atoms with Crippen LogP contribution in [0, 0.1) is 11.8 Å². The van der Waals surface area contributed by atoms with Gasteiger partial charge in [0.25, 0.3) is 0 Å². The van der Waals surface area contributed by atoms with Gasteiger partial charge in [-0.1, -0.05) is 24.6 Å². The number of ketones is 1. The number of carbonyl (C=O) groups is 1. The van der Waals surface area contributed by atoms with E-state index >= 15 is 0 Å². The Bertz CT molecular complexity index is 521. The first-order valence-electron chi connectivity index (χ1n) is 8.91. The van der Waals surface area contributed by atoms with Crippen LogP contribution in [0.4, 0.5) is 5.69 Å². The number of nitrogens with zero attached hydrogens (tertiary/aromatic N) is 2. The van der Waals surface area contributed by atoms with Gasteiger partial charge in [0.2, 0.25) is 0 Å². The van der Waals surface area contributed by atoms with Crippen LogP contribution in [0.3, 0.4) is 0 Å². The highest BCUT2D eigenvalue weighted by molar-refractivity contribution is 5.85. The molecular formula is C19H26N2O. The third-order valence-electron chi connectivity index (χ3n) is 6.02. The van der Waals surface area contributed by atoms with Gasteiger partial charge in [-0.2, -0.15) is 0 Å². The van der Waals surface area contributed by atoms with Crippen LogP contribution in [0.1, 0.15) is 32.1 Å². The first kappa shape index (κ1) is 14.3. The maximum Gasteiger partial charge on any atom is 0.140 e. The number of hydrogen-bond acceptors (Lipinski definition) is 3. The van der Waals surface area contributed by atoms with Gasteiger partial charge in [0.15, 0.2) is 0 Å². The maximum absolute atomic E-state index is 12.5. The minimum absolute atomic E-state index is 0.343. The predicted octanol–water partition coefficient (Wildman–Crippen LogP) is 2.96. The second-order valence-electron chi connectivity index (χ2n) is 7.14. The lowest BCUT2D eigenvalue weighted by Gasteiger charge is -2.47. The molecule has 22 heavy (non-hydrogen) atoms. The number of Topliss-reactive ketones (excluding diaryl/α,β-unsaturated/α-hetero) is 1. The van der Waals surface area contributed by atoms with Crippen molar-refractivity contribution in [1.82, 2.24) is 4.90 Å². The molecule has 0 N–H and O–H groups in total. The van der Waals surface area contributed by atoms with E-state index in [1.807, 2.05) is 0 Å². The van der Waals surface area contributed by atoms with Crippen molar-refractivity contribution < 1.29 is 4.79 Å². The summed E-state index contributed by atoms with van der Waals surface area (Å²) in [5.74, 6) is 1.34. The van der Waals surface area contributed by atoms with E-state index in [-0.39, 0.29) is 0 Å². The summed E-state index contributed by atoms with van der Waals surface area (Å²) < 4.78 is 0. The van der Waals surface area contributed by atoms with Gasteiger partial charge in [0.05, 0.1) is 0 Å². The second kappa shape index (κ2) is 6.04. The molecule has 1 aromatic rings. The van der Waals surface area contributed by atoms with Gasteiger partial charge in [0.1, 0.15) is 5.78 Å². The third kappa shape index (κ3) is 2.56. The van der Waals surface area contributed by atoms with Gasteiger partial charge in [-0.3, -0.25) is 9.69 Å². The maximum atomic E-state index is 12.5. The Morgan fingerprint density at radius 3 is 2.41 bits per heavy atom. The number of para-hydroxylation sites is 1. The average Bonchev–Trinajstić information content (AvgIpc) is 2.56.